The molecule has 7 heteroatoms. The minimum atomic E-state index is -0.285. The number of phenolic OH excluding ortho intramolecular Hbond substituents is 4. The zero-order chi connectivity index (χ0) is 21.0. The Bertz CT molecular complexity index is 1400. The molecule has 5 aromatic rings. The van der Waals surface area contributed by atoms with Crippen LogP contribution in [-0.2, 0) is 0 Å². The topological polar surface area (TPSA) is 129 Å². The summed E-state index contributed by atoms with van der Waals surface area (Å²) in [5.41, 5.74) is 1.73. The van der Waals surface area contributed by atoms with Crippen molar-refractivity contribution in [2.45, 2.75) is 0 Å². The molecule has 148 valence electrons. The summed E-state index contributed by atoms with van der Waals surface area (Å²) >= 11 is 0. The Morgan fingerprint density at radius 2 is 1.03 bits per heavy atom. The van der Waals surface area contributed by atoms with Crippen molar-refractivity contribution < 1.29 is 34.1 Å². The van der Waals surface area contributed by atoms with E-state index in [2.05, 4.69) is 0 Å². The summed E-state index contributed by atoms with van der Waals surface area (Å²) in [4.78, 5) is 10.1. The number of aromatic hydroxyl groups is 4. The molecule has 0 spiro atoms. The fourth-order valence-corrected chi connectivity index (χ4v) is 3.42. The lowest BCUT2D eigenvalue weighted by molar-refractivity contribution is 0.404. The molecule has 0 amide bonds. The Hall–Kier alpha value is -4.39. The number of benzene rings is 3. The van der Waals surface area contributed by atoms with Gasteiger partial charge in [-0.3, -0.25) is 4.79 Å². The number of hydrogen-bond donors (Lipinski definition) is 4. The van der Waals surface area contributed by atoms with Crippen molar-refractivity contribution in [1.29, 1.82) is 0 Å². The van der Waals surface area contributed by atoms with Crippen LogP contribution in [0.2, 0.25) is 0 Å². The van der Waals surface area contributed by atoms with Gasteiger partial charge in [0.15, 0.2) is 23.0 Å². The highest BCUT2D eigenvalue weighted by Gasteiger charge is 2.16. The lowest BCUT2D eigenvalue weighted by atomic mass is 10.0. The molecule has 0 saturated carbocycles. The fourth-order valence-electron chi connectivity index (χ4n) is 3.42. The number of hydrogen-bond acceptors (Lipinski definition) is 6. The number of phenols is 4. The summed E-state index contributed by atoms with van der Waals surface area (Å²) in [6, 6.07) is 15.1. The summed E-state index contributed by atoms with van der Waals surface area (Å²) < 4.78 is 11.8. The molecular formula is C23H15O7+. The van der Waals surface area contributed by atoms with Crippen molar-refractivity contribution in [3.8, 4) is 45.6 Å². The van der Waals surface area contributed by atoms with E-state index in [4.69, 9.17) is 8.83 Å². The second-order valence-corrected chi connectivity index (χ2v) is 6.90. The Morgan fingerprint density at radius 3 is 1.47 bits per heavy atom. The maximum atomic E-state index is 10.1. The van der Waals surface area contributed by atoms with Gasteiger partial charge in [0.05, 0.1) is 17.5 Å². The van der Waals surface area contributed by atoms with Crippen LogP contribution in [0.3, 0.4) is 0 Å². The van der Waals surface area contributed by atoms with Gasteiger partial charge in [-0.1, -0.05) is 0 Å². The van der Waals surface area contributed by atoms with E-state index in [1.807, 2.05) is 0 Å². The molecule has 5 N–H and O–H groups in total. The summed E-state index contributed by atoms with van der Waals surface area (Å²) in [6.45, 7) is 0. The molecule has 0 saturated heterocycles. The van der Waals surface area contributed by atoms with E-state index in [0.717, 1.165) is 5.39 Å². The lowest BCUT2D eigenvalue weighted by Crippen LogP contribution is -1.99. The quantitative estimate of drug-likeness (QED) is 0.256. The minimum Gasteiger partial charge on any atom is -0.504 e. The first kappa shape index (κ1) is 17.7. The highest BCUT2D eigenvalue weighted by atomic mass is 16.3. The molecule has 0 atom stereocenters. The van der Waals surface area contributed by atoms with Crippen molar-refractivity contribution in [2.75, 3.05) is 0 Å². The van der Waals surface area contributed by atoms with Gasteiger partial charge in [-0.25, -0.2) is 0 Å². The van der Waals surface area contributed by atoms with Gasteiger partial charge in [-0.05, 0) is 53.9 Å². The summed E-state index contributed by atoms with van der Waals surface area (Å²) in [5, 5.41) is 40.2. The Morgan fingerprint density at radius 1 is 0.567 bits per heavy atom. The van der Waals surface area contributed by atoms with Crippen molar-refractivity contribution >= 4 is 21.9 Å². The van der Waals surface area contributed by atoms with Crippen molar-refractivity contribution in [2.24, 2.45) is 0 Å². The standard InChI is InChI=1S/C23H14O7/c24-14-9-21-23-13(7-19(29-21)11-1-3-15(25)17(27)5-11)8-20(30-22(23)10-14)12-2-4-16(26)18(28)6-12/h1-10,25-28H/p+1. The van der Waals surface area contributed by atoms with E-state index >= 15 is 0 Å². The van der Waals surface area contributed by atoms with E-state index in [1.165, 1.54) is 36.4 Å². The monoisotopic (exact) mass is 403 g/mol. The molecule has 2 aromatic heterocycles. The highest BCUT2D eigenvalue weighted by molar-refractivity contribution is 6.07. The SMILES string of the molecule is Oc1ccc(-c2cc3cc(-c4ccc(O)c(O)c4)oc4cc(=[OH+])cc(o2)c34)cc1O. The normalized spacial score (nSPS) is 11.3. The third kappa shape index (κ3) is 2.80. The molecule has 0 aliphatic rings. The molecule has 0 aliphatic heterocycles. The number of rotatable bonds is 2. The zero-order valence-corrected chi connectivity index (χ0v) is 15.3. The van der Waals surface area contributed by atoms with Crippen LogP contribution in [0.15, 0.2) is 69.5 Å². The van der Waals surface area contributed by atoms with E-state index in [-0.39, 0.29) is 28.4 Å². The second-order valence-electron chi connectivity index (χ2n) is 6.90. The van der Waals surface area contributed by atoms with Crippen LogP contribution in [0.1, 0.15) is 0 Å². The summed E-state index contributed by atoms with van der Waals surface area (Å²) in [6.07, 6.45) is 0. The van der Waals surface area contributed by atoms with Gasteiger partial charge >= 0.3 is 5.43 Å². The Labute approximate surface area is 168 Å². The van der Waals surface area contributed by atoms with E-state index in [0.29, 0.717) is 39.2 Å². The third-order valence-corrected chi connectivity index (χ3v) is 4.87. The van der Waals surface area contributed by atoms with Crippen LogP contribution < -0.4 is 5.43 Å². The second kappa shape index (κ2) is 6.31. The van der Waals surface area contributed by atoms with Crippen LogP contribution in [-0.4, -0.2) is 25.2 Å². The first-order valence-corrected chi connectivity index (χ1v) is 8.97. The first-order chi connectivity index (χ1) is 14.4. The molecule has 7 nitrogen and oxygen atoms in total. The molecule has 2 heterocycles. The predicted octanol–water partition coefficient (Wildman–Crippen LogP) is 4.34. The molecule has 3 aromatic carbocycles. The Kier molecular flexibility index (Phi) is 3.72. The van der Waals surface area contributed by atoms with Crippen molar-refractivity contribution in [3.05, 3.63) is 66.1 Å². The van der Waals surface area contributed by atoms with Crippen LogP contribution in [0.5, 0.6) is 23.0 Å². The summed E-state index contributed by atoms with van der Waals surface area (Å²) in [7, 11) is 0. The Balaban J connectivity index is 1.81. The van der Waals surface area contributed by atoms with Crippen LogP contribution in [0, 0.1) is 0 Å². The third-order valence-electron chi connectivity index (χ3n) is 4.87. The molecule has 0 bridgehead atoms. The summed E-state index contributed by atoms with van der Waals surface area (Å²) in [5.74, 6) is -0.266. The van der Waals surface area contributed by atoms with Crippen molar-refractivity contribution in [3.63, 3.8) is 0 Å². The van der Waals surface area contributed by atoms with Crippen LogP contribution in [0.4, 0.5) is 0 Å². The largest absolute Gasteiger partial charge is 0.504 e. The molecular weight excluding hydrogens is 388 g/mol. The van der Waals surface area contributed by atoms with Gasteiger partial charge < -0.3 is 29.3 Å². The van der Waals surface area contributed by atoms with Gasteiger partial charge in [0.25, 0.3) is 0 Å². The minimum absolute atomic E-state index is 0.0623. The van der Waals surface area contributed by atoms with E-state index in [9.17, 15) is 25.2 Å². The molecule has 0 unspecified atom stereocenters. The maximum Gasteiger partial charge on any atom is 0.347 e. The highest BCUT2D eigenvalue weighted by Crippen LogP contribution is 2.38. The lowest BCUT2D eigenvalue weighted by Gasteiger charge is -2.10. The molecule has 30 heavy (non-hydrogen) atoms. The van der Waals surface area contributed by atoms with Gasteiger partial charge in [0.2, 0.25) is 0 Å². The first-order valence-electron chi connectivity index (χ1n) is 8.97. The fraction of sp³-hybridized carbons (Fsp3) is 0. The predicted molar refractivity (Wildman–Crippen MR) is 109 cm³/mol. The van der Waals surface area contributed by atoms with Crippen LogP contribution >= 0.6 is 0 Å². The van der Waals surface area contributed by atoms with E-state index < -0.39 is 0 Å². The smallest absolute Gasteiger partial charge is 0.347 e. The zero-order valence-electron chi connectivity index (χ0n) is 15.3. The van der Waals surface area contributed by atoms with Gasteiger partial charge in [0, 0.05) is 11.1 Å². The van der Waals surface area contributed by atoms with Gasteiger partial charge in [-0.15, -0.1) is 0 Å². The van der Waals surface area contributed by atoms with Gasteiger partial charge in [-0.2, -0.15) is 0 Å². The maximum absolute atomic E-state index is 10.1. The average molecular weight is 403 g/mol. The van der Waals surface area contributed by atoms with E-state index in [1.54, 1.807) is 24.3 Å². The molecule has 0 radical (unpaired) electrons. The van der Waals surface area contributed by atoms with Crippen LogP contribution in [0.25, 0.3) is 44.6 Å². The molecule has 5 rings (SSSR count). The van der Waals surface area contributed by atoms with Gasteiger partial charge in [0.1, 0.15) is 22.7 Å². The molecule has 0 fully saturated rings. The molecule has 0 aliphatic carbocycles. The van der Waals surface area contributed by atoms with Crippen molar-refractivity contribution in [1.82, 2.24) is 0 Å². The average Bonchev–Trinajstić information content (AvgIpc) is 2.71.